The molecule has 0 radical (unpaired) electrons. The van der Waals surface area contributed by atoms with Gasteiger partial charge in [-0.1, -0.05) is 0 Å². The second-order valence-corrected chi connectivity index (χ2v) is 6.20. The molecule has 3 rings (SSSR count). The van der Waals surface area contributed by atoms with Gasteiger partial charge in [0.15, 0.2) is 5.60 Å². The molecule has 22 heavy (non-hydrogen) atoms. The second-order valence-electron chi connectivity index (χ2n) is 6.20. The maximum atomic E-state index is 11.5. The van der Waals surface area contributed by atoms with Gasteiger partial charge in [0.1, 0.15) is 0 Å². The Balaban J connectivity index is 1.67. The molecule has 2 aliphatic rings. The van der Waals surface area contributed by atoms with Gasteiger partial charge in [-0.25, -0.2) is 9.97 Å². The lowest BCUT2D eigenvalue weighted by Gasteiger charge is -2.38. The summed E-state index contributed by atoms with van der Waals surface area (Å²) in [5, 5.41) is 0. The topological polar surface area (TPSA) is 84.6 Å². The van der Waals surface area contributed by atoms with Crippen molar-refractivity contribution in [2.24, 2.45) is 5.73 Å². The van der Waals surface area contributed by atoms with Gasteiger partial charge in [-0.15, -0.1) is 0 Å². The number of nitrogens with zero attached hydrogens (tertiary/aromatic N) is 4. The molecule has 0 saturated carbocycles. The normalized spacial score (nSPS) is 26.3. The molecule has 2 saturated heterocycles. The minimum Gasteiger partial charge on any atom is -0.367 e. The van der Waals surface area contributed by atoms with Gasteiger partial charge in [-0.3, -0.25) is 9.69 Å². The van der Waals surface area contributed by atoms with E-state index >= 15 is 0 Å². The van der Waals surface area contributed by atoms with E-state index in [1.54, 1.807) is 6.92 Å². The van der Waals surface area contributed by atoms with Crippen LogP contribution in [0.2, 0.25) is 0 Å². The average molecular weight is 305 g/mol. The number of carbonyl (C=O) groups excluding carboxylic acids is 1. The Bertz CT molecular complexity index is 546. The van der Waals surface area contributed by atoms with Crippen molar-refractivity contribution in [3.05, 3.63) is 18.0 Å². The Labute approximate surface area is 130 Å². The highest BCUT2D eigenvalue weighted by Crippen LogP contribution is 2.20. The standard InChI is InChI=1S/C15H23N5O2/c1-15(13(16)21)11-19(8-9-22-15)10-12-4-5-17-14(18-12)20-6-2-3-7-20/h4-5H,2-3,6-11H2,1H3,(H2,16,21)/t15-/m0/s1. The quantitative estimate of drug-likeness (QED) is 0.852. The Hall–Kier alpha value is -1.73. The predicted molar refractivity (Wildman–Crippen MR) is 82.3 cm³/mol. The number of amides is 1. The third-order valence-corrected chi connectivity index (χ3v) is 4.35. The van der Waals surface area contributed by atoms with Gasteiger partial charge >= 0.3 is 0 Å². The van der Waals surface area contributed by atoms with Crippen LogP contribution in [0.25, 0.3) is 0 Å². The summed E-state index contributed by atoms with van der Waals surface area (Å²) in [6.45, 7) is 6.25. The molecule has 0 unspecified atom stereocenters. The smallest absolute Gasteiger partial charge is 0.250 e. The summed E-state index contributed by atoms with van der Waals surface area (Å²) < 4.78 is 5.54. The Morgan fingerprint density at radius 3 is 2.91 bits per heavy atom. The number of hydrogen-bond donors (Lipinski definition) is 1. The third kappa shape index (κ3) is 3.20. The summed E-state index contributed by atoms with van der Waals surface area (Å²) in [6.07, 6.45) is 4.21. The zero-order valence-electron chi connectivity index (χ0n) is 13.0. The first-order valence-corrected chi connectivity index (χ1v) is 7.80. The molecular formula is C15H23N5O2. The molecule has 1 amide bonds. The number of rotatable bonds is 4. The van der Waals surface area contributed by atoms with E-state index in [4.69, 9.17) is 10.5 Å². The molecule has 120 valence electrons. The summed E-state index contributed by atoms with van der Waals surface area (Å²) in [5.74, 6) is 0.388. The molecule has 0 spiro atoms. The number of hydrogen-bond acceptors (Lipinski definition) is 6. The number of nitrogens with two attached hydrogens (primary N) is 1. The average Bonchev–Trinajstić information content (AvgIpc) is 3.02. The van der Waals surface area contributed by atoms with Gasteiger partial charge in [-0.05, 0) is 25.8 Å². The summed E-state index contributed by atoms with van der Waals surface area (Å²) in [7, 11) is 0. The Morgan fingerprint density at radius 2 is 2.18 bits per heavy atom. The summed E-state index contributed by atoms with van der Waals surface area (Å²) in [5.41, 5.74) is 5.49. The van der Waals surface area contributed by atoms with Crippen LogP contribution in [0.15, 0.2) is 12.3 Å². The van der Waals surface area contributed by atoms with Crippen molar-refractivity contribution < 1.29 is 9.53 Å². The number of ether oxygens (including phenoxy) is 1. The van der Waals surface area contributed by atoms with Crippen LogP contribution in [0.1, 0.15) is 25.5 Å². The van der Waals surface area contributed by atoms with Crippen molar-refractivity contribution in [2.45, 2.75) is 31.9 Å². The first-order valence-electron chi connectivity index (χ1n) is 7.80. The molecule has 1 aromatic rings. The van der Waals surface area contributed by atoms with Crippen molar-refractivity contribution in [3.8, 4) is 0 Å². The summed E-state index contributed by atoms with van der Waals surface area (Å²) in [4.78, 5) is 24.9. The highest BCUT2D eigenvalue weighted by atomic mass is 16.5. The number of morpholine rings is 1. The zero-order valence-corrected chi connectivity index (χ0v) is 13.0. The molecule has 1 atom stereocenters. The first kappa shape index (κ1) is 15.2. The molecule has 2 aliphatic heterocycles. The summed E-state index contributed by atoms with van der Waals surface area (Å²) >= 11 is 0. The molecule has 1 aromatic heterocycles. The fourth-order valence-electron chi connectivity index (χ4n) is 3.01. The van der Waals surface area contributed by atoms with Gasteiger partial charge in [0.25, 0.3) is 5.91 Å². The minimum absolute atomic E-state index is 0.419. The molecule has 0 bridgehead atoms. The zero-order chi connectivity index (χ0) is 15.6. The monoisotopic (exact) mass is 305 g/mol. The van der Waals surface area contributed by atoms with Crippen molar-refractivity contribution in [2.75, 3.05) is 37.7 Å². The fourth-order valence-corrected chi connectivity index (χ4v) is 3.01. The largest absolute Gasteiger partial charge is 0.367 e. The molecule has 2 N–H and O–H groups in total. The predicted octanol–water partition coefficient (Wildman–Crippen LogP) is 0.153. The van der Waals surface area contributed by atoms with Crippen LogP contribution in [0, 0.1) is 0 Å². The van der Waals surface area contributed by atoms with Crippen molar-refractivity contribution >= 4 is 11.9 Å². The lowest BCUT2D eigenvalue weighted by Crippen LogP contribution is -2.56. The Kier molecular flexibility index (Phi) is 4.26. The lowest BCUT2D eigenvalue weighted by molar-refractivity contribution is -0.153. The summed E-state index contributed by atoms with van der Waals surface area (Å²) in [6, 6.07) is 1.93. The molecular weight excluding hydrogens is 282 g/mol. The minimum atomic E-state index is -0.914. The van der Waals surface area contributed by atoms with E-state index in [0.717, 1.165) is 31.3 Å². The van der Waals surface area contributed by atoms with Crippen LogP contribution in [0.4, 0.5) is 5.95 Å². The molecule has 0 aliphatic carbocycles. The van der Waals surface area contributed by atoms with Gasteiger partial charge in [0.2, 0.25) is 5.95 Å². The molecule has 2 fully saturated rings. The van der Waals surface area contributed by atoms with Gasteiger partial charge in [0.05, 0.1) is 12.3 Å². The van der Waals surface area contributed by atoms with Crippen molar-refractivity contribution in [1.29, 1.82) is 0 Å². The van der Waals surface area contributed by atoms with Crippen LogP contribution < -0.4 is 10.6 Å². The van der Waals surface area contributed by atoms with E-state index < -0.39 is 11.5 Å². The maximum Gasteiger partial charge on any atom is 0.250 e. The number of anilines is 1. The van der Waals surface area contributed by atoms with E-state index in [-0.39, 0.29) is 0 Å². The highest BCUT2D eigenvalue weighted by Gasteiger charge is 2.37. The van der Waals surface area contributed by atoms with Gasteiger partial charge in [-0.2, -0.15) is 0 Å². The molecule has 3 heterocycles. The van der Waals surface area contributed by atoms with Crippen LogP contribution in [-0.4, -0.2) is 59.2 Å². The van der Waals surface area contributed by atoms with Crippen molar-refractivity contribution in [1.82, 2.24) is 14.9 Å². The van der Waals surface area contributed by atoms with Gasteiger partial charge < -0.3 is 15.4 Å². The van der Waals surface area contributed by atoms with Gasteiger partial charge in [0, 0.05) is 38.9 Å². The van der Waals surface area contributed by atoms with E-state index in [1.165, 1.54) is 12.8 Å². The second kappa shape index (κ2) is 6.18. The van der Waals surface area contributed by atoms with Crippen LogP contribution in [0.5, 0.6) is 0 Å². The molecule has 7 nitrogen and oxygen atoms in total. The lowest BCUT2D eigenvalue weighted by atomic mass is 10.0. The number of primary amides is 1. The fraction of sp³-hybridized carbons (Fsp3) is 0.667. The van der Waals surface area contributed by atoms with Crippen molar-refractivity contribution in [3.63, 3.8) is 0 Å². The van der Waals surface area contributed by atoms with E-state index in [2.05, 4.69) is 19.8 Å². The van der Waals surface area contributed by atoms with Crippen LogP contribution in [0.3, 0.4) is 0 Å². The molecule has 7 heteroatoms. The van der Waals surface area contributed by atoms with E-state index in [1.807, 2.05) is 12.3 Å². The third-order valence-electron chi connectivity index (χ3n) is 4.35. The maximum absolute atomic E-state index is 11.5. The Morgan fingerprint density at radius 1 is 1.41 bits per heavy atom. The highest BCUT2D eigenvalue weighted by molar-refractivity contribution is 5.83. The van der Waals surface area contributed by atoms with E-state index in [0.29, 0.717) is 19.7 Å². The first-order chi connectivity index (χ1) is 10.6. The number of carbonyl (C=O) groups is 1. The van der Waals surface area contributed by atoms with E-state index in [9.17, 15) is 4.79 Å². The number of aromatic nitrogens is 2. The molecule has 0 aromatic carbocycles. The SMILES string of the molecule is C[C@@]1(C(N)=O)CN(Cc2ccnc(N3CCCC3)n2)CCO1. The van der Waals surface area contributed by atoms with Crippen LogP contribution in [-0.2, 0) is 16.1 Å². The van der Waals surface area contributed by atoms with Crippen LogP contribution >= 0.6 is 0 Å².